The molecule has 0 heterocycles. The molecule has 11 aromatic carbocycles. The molecule has 0 bridgehead atoms. The van der Waals surface area contributed by atoms with E-state index >= 15 is 0 Å². The number of fused-ring (bicyclic) bond motifs is 7. The van der Waals surface area contributed by atoms with Crippen molar-refractivity contribution in [3.05, 3.63) is 236 Å². The second-order valence-electron chi connectivity index (χ2n) is 15.7. The summed E-state index contributed by atoms with van der Waals surface area (Å²) in [7, 11) is 0. The first-order valence-electron chi connectivity index (χ1n) is 20.8. The molecule has 0 radical (unpaired) electrons. The molecular weight excluding hydrogens is 723 g/mol. The zero-order valence-corrected chi connectivity index (χ0v) is 33.4. The average Bonchev–Trinajstić information content (AvgIpc) is 3.32. The summed E-state index contributed by atoms with van der Waals surface area (Å²) in [4.78, 5) is 2.42. The van der Waals surface area contributed by atoms with Crippen molar-refractivity contribution in [2.24, 2.45) is 0 Å². The highest BCUT2D eigenvalue weighted by Crippen LogP contribution is 2.50. The quantitative estimate of drug-likeness (QED) is 0.146. The fourth-order valence-electron chi connectivity index (χ4n) is 9.31. The van der Waals surface area contributed by atoms with Crippen molar-refractivity contribution < 1.29 is 0 Å². The largest absolute Gasteiger partial charge is 0.310 e. The van der Waals surface area contributed by atoms with Gasteiger partial charge in [-0.25, -0.2) is 0 Å². The van der Waals surface area contributed by atoms with Crippen LogP contribution in [0, 0.1) is 6.92 Å². The Morgan fingerprint density at radius 3 is 1.55 bits per heavy atom. The molecule has 0 atom stereocenters. The van der Waals surface area contributed by atoms with Gasteiger partial charge in [0.15, 0.2) is 0 Å². The molecule has 0 amide bonds. The molecule has 0 aliphatic rings. The number of nitrogens with zero attached hydrogens (tertiary/aromatic N) is 1. The van der Waals surface area contributed by atoms with Crippen molar-refractivity contribution in [3.63, 3.8) is 0 Å². The first-order valence-corrected chi connectivity index (χ1v) is 20.8. The standard InChI is InChI=1S/C59H41N/c1-40-31-33-46(34-32-40)60(47-26-15-25-45(37-47)50-30-16-24-41-21-11-12-27-49(41)50)48-35-36-53-56(38-48)51-28-13-14-29-52(51)58-55(43-19-7-3-8-20-43)39-54(42-17-5-2-6-18-42)57(59(53)58)44-22-9-4-10-23-44/h2-39H,1H3. The number of aryl methyl sites for hydroxylation is 1. The van der Waals surface area contributed by atoms with Crippen LogP contribution in [-0.4, -0.2) is 0 Å². The van der Waals surface area contributed by atoms with Crippen molar-refractivity contribution >= 4 is 60.2 Å². The topological polar surface area (TPSA) is 3.24 Å². The van der Waals surface area contributed by atoms with Crippen molar-refractivity contribution in [1.82, 2.24) is 0 Å². The summed E-state index contributed by atoms with van der Waals surface area (Å²) in [5.41, 5.74) is 14.3. The van der Waals surface area contributed by atoms with Crippen molar-refractivity contribution in [2.45, 2.75) is 6.92 Å². The summed E-state index contributed by atoms with van der Waals surface area (Å²) in [5, 5.41) is 9.96. The lowest BCUT2D eigenvalue weighted by molar-refractivity contribution is 1.28. The zero-order valence-electron chi connectivity index (χ0n) is 33.4. The number of rotatable bonds is 7. The molecule has 0 aliphatic carbocycles. The summed E-state index contributed by atoms with van der Waals surface area (Å²) >= 11 is 0. The normalized spacial score (nSPS) is 11.4. The van der Waals surface area contributed by atoms with Gasteiger partial charge in [-0.2, -0.15) is 0 Å². The van der Waals surface area contributed by atoms with Gasteiger partial charge in [-0.05, 0) is 137 Å². The van der Waals surface area contributed by atoms with E-state index < -0.39 is 0 Å². The first kappa shape index (κ1) is 35.4. The molecule has 60 heavy (non-hydrogen) atoms. The predicted octanol–water partition coefficient (Wildman–Crippen LogP) is 16.7. The van der Waals surface area contributed by atoms with Gasteiger partial charge in [0, 0.05) is 17.1 Å². The lowest BCUT2D eigenvalue weighted by Crippen LogP contribution is -2.10. The summed E-state index contributed by atoms with van der Waals surface area (Å²) < 4.78 is 0. The molecule has 0 aliphatic heterocycles. The highest BCUT2D eigenvalue weighted by atomic mass is 15.1. The SMILES string of the molecule is Cc1ccc(N(c2cccc(-c3cccc4ccccc34)c2)c2ccc3c(c2)c2ccccc2c2c(-c4ccccc4)cc(-c4ccccc4)c(-c4ccccc4)c32)cc1. The fraction of sp³-hybridized carbons (Fsp3) is 0.0169. The van der Waals surface area contributed by atoms with Gasteiger partial charge < -0.3 is 4.90 Å². The molecule has 282 valence electrons. The average molecular weight is 764 g/mol. The third-order valence-electron chi connectivity index (χ3n) is 12.1. The highest BCUT2D eigenvalue weighted by molar-refractivity contribution is 6.33. The Kier molecular flexibility index (Phi) is 8.79. The van der Waals surface area contributed by atoms with E-state index in [1.807, 2.05) is 0 Å². The van der Waals surface area contributed by atoms with Crippen LogP contribution < -0.4 is 4.90 Å². The minimum atomic E-state index is 1.11. The van der Waals surface area contributed by atoms with Gasteiger partial charge in [0.2, 0.25) is 0 Å². The molecule has 1 nitrogen and oxygen atoms in total. The molecule has 0 aromatic heterocycles. The second kappa shape index (κ2) is 14.9. The molecule has 11 rings (SSSR count). The Morgan fingerprint density at radius 1 is 0.283 bits per heavy atom. The van der Waals surface area contributed by atoms with Gasteiger partial charge in [-0.3, -0.25) is 0 Å². The highest BCUT2D eigenvalue weighted by Gasteiger charge is 2.23. The van der Waals surface area contributed by atoms with Crippen molar-refractivity contribution in [2.75, 3.05) is 4.90 Å². The van der Waals surface area contributed by atoms with Gasteiger partial charge in [0.05, 0.1) is 0 Å². The molecular formula is C59H41N. The van der Waals surface area contributed by atoms with E-state index in [1.165, 1.54) is 93.2 Å². The fourth-order valence-corrected chi connectivity index (χ4v) is 9.31. The monoisotopic (exact) mass is 763 g/mol. The van der Waals surface area contributed by atoms with E-state index in [-0.39, 0.29) is 0 Å². The molecule has 0 N–H and O–H groups in total. The maximum atomic E-state index is 2.43. The van der Waals surface area contributed by atoms with E-state index in [9.17, 15) is 0 Å². The molecule has 1 heteroatoms. The van der Waals surface area contributed by atoms with E-state index in [1.54, 1.807) is 0 Å². The van der Waals surface area contributed by atoms with Crippen LogP contribution in [0.3, 0.4) is 0 Å². The molecule has 0 saturated heterocycles. The summed E-state index contributed by atoms with van der Waals surface area (Å²) in [6.45, 7) is 2.15. The smallest absolute Gasteiger partial charge is 0.0468 e. The minimum absolute atomic E-state index is 1.11. The second-order valence-corrected chi connectivity index (χ2v) is 15.7. The van der Waals surface area contributed by atoms with Crippen molar-refractivity contribution in [3.8, 4) is 44.5 Å². The Bertz CT molecular complexity index is 3340. The lowest BCUT2D eigenvalue weighted by Gasteiger charge is -2.27. The Labute approximate surface area is 351 Å². The number of benzene rings is 11. The van der Waals surface area contributed by atoms with E-state index in [0.717, 1.165) is 17.1 Å². The van der Waals surface area contributed by atoms with Crippen LogP contribution in [0.5, 0.6) is 0 Å². The van der Waals surface area contributed by atoms with Crippen LogP contribution in [0.15, 0.2) is 231 Å². The first-order chi connectivity index (χ1) is 29.7. The van der Waals surface area contributed by atoms with Crippen LogP contribution in [-0.2, 0) is 0 Å². The number of hydrogen-bond donors (Lipinski definition) is 0. The molecule has 0 saturated carbocycles. The van der Waals surface area contributed by atoms with E-state index in [4.69, 9.17) is 0 Å². The maximum absolute atomic E-state index is 2.43. The number of anilines is 3. The van der Waals surface area contributed by atoms with Gasteiger partial charge in [-0.15, -0.1) is 0 Å². The lowest BCUT2D eigenvalue weighted by atomic mass is 9.81. The molecule has 11 aromatic rings. The Hall–Kier alpha value is -7.74. The number of hydrogen-bond acceptors (Lipinski definition) is 1. The van der Waals surface area contributed by atoms with Crippen LogP contribution in [0.1, 0.15) is 5.56 Å². The molecule has 0 spiro atoms. The van der Waals surface area contributed by atoms with Crippen LogP contribution in [0.25, 0.3) is 87.6 Å². The van der Waals surface area contributed by atoms with E-state index in [2.05, 4.69) is 242 Å². The summed E-state index contributed by atoms with van der Waals surface area (Å²) in [6.07, 6.45) is 0. The van der Waals surface area contributed by atoms with Gasteiger partial charge >= 0.3 is 0 Å². The third kappa shape index (κ3) is 6.11. The third-order valence-corrected chi connectivity index (χ3v) is 12.1. The Balaban J connectivity index is 1.23. The van der Waals surface area contributed by atoms with Crippen LogP contribution >= 0.6 is 0 Å². The predicted molar refractivity (Wildman–Crippen MR) is 258 cm³/mol. The molecule has 0 fully saturated rings. The summed E-state index contributed by atoms with van der Waals surface area (Å²) in [6, 6.07) is 84.5. The van der Waals surface area contributed by atoms with Gasteiger partial charge in [-0.1, -0.05) is 194 Å². The van der Waals surface area contributed by atoms with Crippen LogP contribution in [0.2, 0.25) is 0 Å². The molecule has 0 unspecified atom stereocenters. The van der Waals surface area contributed by atoms with Gasteiger partial charge in [0.1, 0.15) is 0 Å². The van der Waals surface area contributed by atoms with Crippen molar-refractivity contribution in [1.29, 1.82) is 0 Å². The van der Waals surface area contributed by atoms with Crippen LogP contribution in [0.4, 0.5) is 17.1 Å². The Morgan fingerprint density at radius 2 is 0.817 bits per heavy atom. The van der Waals surface area contributed by atoms with Gasteiger partial charge in [0.25, 0.3) is 0 Å². The maximum Gasteiger partial charge on any atom is 0.0468 e. The summed E-state index contributed by atoms with van der Waals surface area (Å²) in [5.74, 6) is 0. The minimum Gasteiger partial charge on any atom is -0.310 e. The van der Waals surface area contributed by atoms with E-state index in [0.29, 0.717) is 0 Å². The zero-order chi connectivity index (χ0) is 40.0.